The first-order valence-electron chi connectivity index (χ1n) is 4.72. The van der Waals surface area contributed by atoms with Gasteiger partial charge in [0.1, 0.15) is 11.6 Å². The van der Waals surface area contributed by atoms with Crippen molar-refractivity contribution in [3.05, 3.63) is 42.2 Å². The average Bonchev–Trinajstić information content (AvgIpc) is 2.26. The molecule has 0 aromatic heterocycles. The van der Waals surface area contributed by atoms with Crippen LogP contribution in [0.1, 0.15) is 0 Å². The van der Waals surface area contributed by atoms with Crippen LogP contribution in [0.2, 0.25) is 0 Å². The first kappa shape index (κ1) is 10.3. The van der Waals surface area contributed by atoms with Gasteiger partial charge < -0.3 is 16.6 Å². The van der Waals surface area contributed by atoms with Gasteiger partial charge in [-0.15, -0.1) is 0 Å². The van der Waals surface area contributed by atoms with Crippen LogP contribution < -0.4 is 11.5 Å². The lowest BCUT2D eigenvalue weighted by Crippen LogP contribution is -1.91. The molecule has 5 N–H and O–H groups in total. The van der Waals surface area contributed by atoms with Crippen LogP contribution >= 0.6 is 0 Å². The van der Waals surface area contributed by atoms with Crippen molar-refractivity contribution in [3.63, 3.8) is 0 Å². The topological polar surface area (TPSA) is 72.3 Å². The van der Waals surface area contributed by atoms with Gasteiger partial charge in [-0.1, -0.05) is 12.1 Å². The van der Waals surface area contributed by atoms with E-state index in [-0.39, 0.29) is 11.4 Å². The second-order valence-electron chi connectivity index (χ2n) is 3.51. The summed E-state index contributed by atoms with van der Waals surface area (Å²) in [6.45, 7) is 0. The van der Waals surface area contributed by atoms with Gasteiger partial charge >= 0.3 is 0 Å². The Morgan fingerprint density at radius 1 is 0.875 bits per heavy atom. The van der Waals surface area contributed by atoms with E-state index in [0.717, 1.165) is 0 Å². The van der Waals surface area contributed by atoms with Gasteiger partial charge in [-0.05, 0) is 35.4 Å². The summed E-state index contributed by atoms with van der Waals surface area (Å²) in [5.74, 6) is -0.497. The highest BCUT2D eigenvalue weighted by Crippen LogP contribution is 2.29. The molecule has 0 fully saturated rings. The van der Waals surface area contributed by atoms with E-state index in [1.54, 1.807) is 18.2 Å². The molecule has 0 amide bonds. The smallest absolute Gasteiger partial charge is 0.146 e. The van der Waals surface area contributed by atoms with E-state index < -0.39 is 5.82 Å². The van der Waals surface area contributed by atoms with Crippen molar-refractivity contribution in [2.24, 2.45) is 0 Å². The zero-order valence-corrected chi connectivity index (χ0v) is 8.44. The summed E-state index contributed by atoms with van der Waals surface area (Å²) < 4.78 is 13.2. The Hall–Kier alpha value is -2.23. The highest BCUT2D eigenvalue weighted by Gasteiger charge is 2.04. The Kier molecular flexibility index (Phi) is 2.40. The number of hydrogen-bond acceptors (Lipinski definition) is 3. The maximum atomic E-state index is 13.2. The highest BCUT2D eigenvalue weighted by atomic mass is 19.1. The molecule has 0 atom stereocenters. The van der Waals surface area contributed by atoms with Gasteiger partial charge in [-0.25, -0.2) is 4.39 Å². The van der Waals surface area contributed by atoms with Crippen molar-refractivity contribution in [2.45, 2.75) is 0 Å². The second-order valence-corrected chi connectivity index (χ2v) is 3.51. The molecule has 3 nitrogen and oxygen atoms in total. The second kappa shape index (κ2) is 3.73. The fourth-order valence-electron chi connectivity index (χ4n) is 1.43. The maximum absolute atomic E-state index is 13.2. The molecule has 0 aliphatic heterocycles. The minimum atomic E-state index is -0.478. The van der Waals surface area contributed by atoms with E-state index in [1.165, 1.54) is 18.2 Å². The van der Waals surface area contributed by atoms with Crippen molar-refractivity contribution in [3.8, 4) is 16.9 Å². The highest BCUT2D eigenvalue weighted by molar-refractivity contribution is 5.70. The Balaban J connectivity index is 2.50. The molecule has 4 heteroatoms. The number of phenols is 1. The number of nitrogen functional groups attached to an aromatic ring is 2. The lowest BCUT2D eigenvalue weighted by Gasteiger charge is -2.05. The minimum absolute atomic E-state index is 0.0188. The number of phenolic OH excluding ortho intramolecular Hbond substituents is 1. The quantitative estimate of drug-likeness (QED) is 0.508. The Morgan fingerprint density at radius 3 is 2.00 bits per heavy atom. The molecule has 0 unspecified atom stereocenters. The third-order valence-corrected chi connectivity index (χ3v) is 2.36. The van der Waals surface area contributed by atoms with Gasteiger partial charge in [-0.2, -0.15) is 0 Å². The number of benzene rings is 2. The van der Waals surface area contributed by atoms with Crippen LogP contribution in [0.25, 0.3) is 11.1 Å². The lowest BCUT2D eigenvalue weighted by atomic mass is 10.0. The largest absolute Gasteiger partial charge is 0.506 e. The van der Waals surface area contributed by atoms with Gasteiger partial charge in [-0.3, -0.25) is 0 Å². The van der Waals surface area contributed by atoms with Gasteiger partial charge in [0.2, 0.25) is 0 Å². The number of aromatic hydroxyl groups is 1. The van der Waals surface area contributed by atoms with Crippen molar-refractivity contribution in [2.75, 3.05) is 11.5 Å². The van der Waals surface area contributed by atoms with E-state index >= 15 is 0 Å². The first-order chi connectivity index (χ1) is 7.58. The molecular formula is C12H11FN2O. The normalized spacial score (nSPS) is 10.3. The summed E-state index contributed by atoms with van der Waals surface area (Å²) in [4.78, 5) is 0. The molecule has 0 radical (unpaired) electrons. The summed E-state index contributed by atoms with van der Waals surface area (Å²) in [5, 5.41) is 9.44. The fourth-order valence-corrected chi connectivity index (χ4v) is 1.43. The molecular weight excluding hydrogens is 207 g/mol. The molecule has 0 aliphatic carbocycles. The molecule has 0 spiro atoms. The van der Waals surface area contributed by atoms with Crippen LogP contribution in [-0.2, 0) is 0 Å². The van der Waals surface area contributed by atoms with Crippen LogP contribution in [0.3, 0.4) is 0 Å². The molecule has 82 valence electrons. The predicted molar refractivity (Wildman–Crippen MR) is 62.3 cm³/mol. The zero-order chi connectivity index (χ0) is 11.7. The standard InChI is InChI=1S/C12H11FN2O/c13-9-5-7(1-3-10(9)14)8-2-4-11(15)12(16)6-8/h1-6,16H,14-15H2. The number of anilines is 2. The molecule has 16 heavy (non-hydrogen) atoms. The monoisotopic (exact) mass is 218 g/mol. The first-order valence-corrected chi connectivity index (χ1v) is 4.72. The summed E-state index contributed by atoms with van der Waals surface area (Å²) in [6.07, 6.45) is 0. The van der Waals surface area contributed by atoms with Crippen LogP contribution in [0.5, 0.6) is 5.75 Å². The fraction of sp³-hybridized carbons (Fsp3) is 0. The Bertz CT molecular complexity index is 491. The SMILES string of the molecule is Nc1ccc(-c2ccc(N)c(F)c2)cc1O. The number of halogens is 1. The molecule has 2 rings (SSSR count). The summed E-state index contributed by atoms with van der Waals surface area (Å²) in [7, 11) is 0. The zero-order valence-electron chi connectivity index (χ0n) is 8.44. The van der Waals surface area contributed by atoms with Crippen molar-refractivity contribution in [1.82, 2.24) is 0 Å². The van der Waals surface area contributed by atoms with Gasteiger partial charge in [0, 0.05) is 0 Å². The number of hydrogen-bond donors (Lipinski definition) is 3. The Morgan fingerprint density at radius 2 is 1.44 bits per heavy atom. The number of nitrogens with two attached hydrogens (primary N) is 2. The molecule has 0 saturated carbocycles. The summed E-state index contributed by atoms with van der Waals surface area (Å²) in [6, 6.07) is 9.25. The molecule has 0 bridgehead atoms. The van der Waals surface area contributed by atoms with E-state index in [1.807, 2.05) is 0 Å². The van der Waals surface area contributed by atoms with Crippen LogP contribution in [0.4, 0.5) is 15.8 Å². The van der Waals surface area contributed by atoms with Crippen molar-refractivity contribution >= 4 is 11.4 Å². The van der Waals surface area contributed by atoms with Gasteiger partial charge in [0.25, 0.3) is 0 Å². The van der Waals surface area contributed by atoms with E-state index in [0.29, 0.717) is 16.8 Å². The lowest BCUT2D eigenvalue weighted by molar-refractivity contribution is 0.478. The van der Waals surface area contributed by atoms with Crippen LogP contribution in [-0.4, -0.2) is 5.11 Å². The summed E-state index contributed by atoms with van der Waals surface area (Å²) >= 11 is 0. The number of rotatable bonds is 1. The van der Waals surface area contributed by atoms with E-state index in [4.69, 9.17) is 11.5 Å². The summed E-state index contributed by atoms with van der Waals surface area (Å²) in [5.41, 5.74) is 12.6. The molecule has 2 aromatic rings. The van der Waals surface area contributed by atoms with Gasteiger partial charge in [0.15, 0.2) is 0 Å². The van der Waals surface area contributed by atoms with E-state index in [9.17, 15) is 9.50 Å². The maximum Gasteiger partial charge on any atom is 0.146 e. The molecule has 0 saturated heterocycles. The third kappa shape index (κ3) is 1.77. The van der Waals surface area contributed by atoms with E-state index in [2.05, 4.69) is 0 Å². The van der Waals surface area contributed by atoms with Gasteiger partial charge in [0.05, 0.1) is 11.4 Å². The molecule has 2 aromatic carbocycles. The van der Waals surface area contributed by atoms with Crippen LogP contribution in [0, 0.1) is 5.82 Å². The van der Waals surface area contributed by atoms with Crippen molar-refractivity contribution in [1.29, 1.82) is 0 Å². The average molecular weight is 218 g/mol. The Labute approximate surface area is 92.1 Å². The molecule has 0 heterocycles. The molecule has 0 aliphatic rings. The van der Waals surface area contributed by atoms with Crippen molar-refractivity contribution < 1.29 is 9.50 Å². The third-order valence-electron chi connectivity index (χ3n) is 2.36. The van der Waals surface area contributed by atoms with Crippen LogP contribution in [0.15, 0.2) is 36.4 Å². The minimum Gasteiger partial charge on any atom is -0.506 e. The predicted octanol–water partition coefficient (Wildman–Crippen LogP) is 2.36.